The van der Waals surface area contributed by atoms with Gasteiger partial charge in [0.25, 0.3) is 11.8 Å². The van der Waals surface area contributed by atoms with Crippen molar-refractivity contribution in [2.24, 2.45) is 0 Å². The predicted octanol–water partition coefficient (Wildman–Crippen LogP) is 2.71. The first-order chi connectivity index (χ1) is 14.7. The van der Waals surface area contributed by atoms with E-state index in [1.807, 2.05) is 41.1 Å². The fourth-order valence-corrected chi connectivity index (χ4v) is 3.59. The van der Waals surface area contributed by atoms with Crippen molar-refractivity contribution in [3.05, 3.63) is 72.2 Å². The summed E-state index contributed by atoms with van der Waals surface area (Å²) in [5.74, 6) is 0.220. The lowest BCUT2D eigenvalue weighted by Crippen LogP contribution is -2.39. The van der Waals surface area contributed by atoms with Gasteiger partial charge < -0.3 is 14.6 Å². The maximum absolute atomic E-state index is 12.6. The summed E-state index contributed by atoms with van der Waals surface area (Å²) in [5, 5.41) is 12.2. The van der Waals surface area contributed by atoms with Crippen molar-refractivity contribution in [3.63, 3.8) is 0 Å². The van der Waals surface area contributed by atoms with Gasteiger partial charge in [0.15, 0.2) is 0 Å². The molecule has 0 aliphatic heterocycles. The molecule has 4 rings (SSSR count). The molecule has 0 bridgehead atoms. The molecule has 0 saturated heterocycles. The van der Waals surface area contributed by atoms with Gasteiger partial charge in [-0.2, -0.15) is 5.26 Å². The fraction of sp³-hybridized carbons (Fsp3) is 0.318. The summed E-state index contributed by atoms with van der Waals surface area (Å²) in [4.78, 5) is 24.7. The number of nitrogens with one attached hydrogen (secondary N) is 1. The van der Waals surface area contributed by atoms with Crippen LogP contribution >= 0.6 is 0 Å². The van der Waals surface area contributed by atoms with Gasteiger partial charge in [0, 0.05) is 42.9 Å². The number of carbonyl (C=O) groups excluding carboxylic acids is 1. The van der Waals surface area contributed by atoms with Crippen LogP contribution in [0.5, 0.6) is 5.88 Å². The Balaban J connectivity index is 1.26. The molecule has 1 amide bonds. The monoisotopic (exact) mass is 402 g/mol. The standard InChI is InChI=1S/C22H22N6O2/c23-13-20-22(26-10-9-25-20)30-19-7-5-18(6-8-19)27-21(29)17-3-1-16(2-4-17)14-28-12-11-24-15-28/h1-4,9-12,15,18-19H,5-8,14H2,(H,27,29). The SMILES string of the molecule is N#Cc1nccnc1OC1CCC(NC(=O)c2ccc(Cn3ccnc3)cc2)CC1. The molecule has 0 radical (unpaired) electrons. The van der Waals surface area contributed by atoms with E-state index in [0.717, 1.165) is 37.8 Å². The van der Waals surface area contributed by atoms with Crippen LogP contribution in [0.3, 0.4) is 0 Å². The summed E-state index contributed by atoms with van der Waals surface area (Å²) in [6.45, 7) is 0.727. The van der Waals surface area contributed by atoms with Crippen molar-refractivity contribution in [2.45, 2.75) is 44.4 Å². The highest BCUT2D eigenvalue weighted by Crippen LogP contribution is 2.24. The number of nitrogens with zero attached hydrogens (tertiary/aromatic N) is 5. The van der Waals surface area contributed by atoms with Crippen LogP contribution in [0.4, 0.5) is 0 Å². The summed E-state index contributed by atoms with van der Waals surface area (Å²) < 4.78 is 7.84. The number of hydrogen-bond donors (Lipinski definition) is 1. The summed E-state index contributed by atoms with van der Waals surface area (Å²) in [6, 6.07) is 9.75. The highest BCUT2D eigenvalue weighted by molar-refractivity contribution is 5.94. The van der Waals surface area contributed by atoms with E-state index in [1.54, 1.807) is 12.5 Å². The summed E-state index contributed by atoms with van der Waals surface area (Å²) in [6.07, 6.45) is 11.6. The number of carbonyl (C=O) groups is 1. The summed E-state index contributed by atoms with van der Waals surface area (Å²) in [5.41, 5.74) is 1.97. The zero-order valence-electron chi connectivity index (χ0n) is 16.4. The van der Waals surface area contributed by atoms with Gasteiger partial charge >= 0.3 is 0 Å². The minimum Gasteiger partial charge on any atom is -0.472 e. The number of amides is 1. The minimum atomic E-state index is -0.0609. The maximum Gasteiger partial charge on any atom is 0.251 e. The molecule has 3 aromatic rings. The molecule has 1 saturated carbocycles. The minimum absolute atomic E-state index is 0.0237. The van der Waals surface area contributed by atoms with Crippen molar-refractivity contribution in [1.29, 1.82) is 5.26 Å². The third-order valence-electron chi connectivity index (χ3n) is 5.20. The molecular formula is C22H22N6O2. The van der Waals surface area contributed by atoms with Crippen molar-refractivity contribution < 1.29 is 9.53 Å². The normalized spacial score (nSPS) is 18.4. The third kappa shape index (κ3) is 4.81. The first-order valence-electron chi connectivity index (χ1n) is 9.94. The molecule has 1 fully saturated rings. The molecule has 2 aromatic heterocycles. The molecule has 1 aliphatic rings. The van der Waals surface area contributed by atoms with Gasteiger partial charge in [-0.15, -0.1) is 0 Å². The topological polar surface area (TPSA) is 106 Å². The first-order valence-corrected chi connectivity index (χ1v) is 9.94. The number of nitriles is 1. The number of imidazole rings is 1. The van der Waals surface area contributed by atoms with E-state index in [1.165, 1.54) is 12.4 Å². The van der Waals surface area contributed by atoms with Gasteiger partial charge in [-0.25, -0.2) is 15.0 Å². The Labute approximate surface area is 174 Å². The Morgan fingerprint density at radius 3 is 2.60 bits per heavy atom. The second-order valence-corrected chi connectivity index (χ2v) is 7.32. The number of rotatable bonds is 6. The van der Waals surface area contributed by atoms with E-state index in [0.29, 0.717) is 5.56 Å². The molecule has 0 unspecified atom stereocenters. The fourth-order valence-electron chi connectivity index (χ4n) is 3.59. The van der Waals surface area contributed by atoms with Crippen molar-refractivity contribution in [1.82, 2.24) is 24.8 Å². The average molecular weight is 402 g/mol. The lowest BCUT2D eigenvalue weighted by molar-refractivity contribution is 0.0889. The lowest BCUT2D eigenvalue weighted by Gasteiger charge is -2.29. The molecule has 0 spiro atoms. The molecule has 30 heavy (non-hydrogen) atoms. The molecule has 8 nitrogen and oxygen atoms in total. The van der Waals surface area contributed by atoms with Gasteiger partial charge in [0.05, 0.1) is 6.33 Å². The molecule has 0 atom stereocenters. The van der Waals surface area contributed by atoms with Crippen LogP contribution < -0.4 is 10.1 Å². The summed E-state index contributed by atoms with van der Waals surface area (Å²) >= 11 is 0. The van der Waals surface area contributed by atoms with Crippen LogP contribution in [0.15, 0.2) is 55.4 Å². The van der Waals surface area contributed by atoms with Crippen molar-refractivity contribution >= 4 is 5.91 Å². The van der Waals surface area contributed by atoms with Crippen LogP contribution in [0.25, 0.3) is 0 Å². The largest absolute Gasteiger partial charge is 0.472 e. The van der Waals surface area contributed by atoms with Gasteiger partial charge in [-0.1, -0.05) is 12.1 Å². The lowest BCUT2D eigenvalue weighted by atomic mass is 9.92. The zero-order valence-corrected chi connectivity index (χ0v) is 16.4. The van der Waals surface area contributed by atoms with Crippen LogP contribution in [0.1, 0.15) is 47.3 Å². The summed E-state index contributed by atoms with van der Waals surface area (Å²) in [7, 11) is 0. The maximum atomic E-state index is 12.6. The Bertz CT molecular complexity index is 1020. The molecule has 1 N–H and O–H groups in total. The van der Waals surface area contributed by atoms with Crippen LogP contribution in [-0.2, 0) is 6.54 Å². The number of benzene rings is 1. The molecule has 1 aromatic carbocycles. The molecular weight excluding hydrogens is 380 g/mol. The van der Waals surface area contributed by atoms with E-state index >= 15 is 0 Å². The van der Waals surface area contributed by atoms with E-state index in [9.17, 15) is 4.79 Å². The quantitative estimate of drug-likeness (QED) is 0.680. The highest BCUT2D eigenvalue weighted by Gasteiger charge is 2.25. The Morgan fingerprint density at radius 2 is 1.90 bits per heavy atom. The third-order valence-corrected chi connectivity index (χ3v) is 5.20. The van der Waals surface area contributed by atoms with Gasteiger partial charge in [-0.3, -0.25) is 4.79 Å². The van der Waals surface area contributed by atoms with Crippen molar-refractivity contribution in [2.75, 3.05) is 0 Å². The molecule has 2 heterocycles. The predicted molar refractivity (Wildman–Crippen MR) is 109 cm³/mol. The number of ether oxygens (including phenoxy) is 1. The van der Waals surface area contributed by atoms with E-state index in [4.69, 9.17) is 10.00 Å². The Morgan fingerprint density at radius 1 is 1.13 bits per heavy atom. The number of aromatic nitrogens is 4. The van der Waals surface area contributed by atoms with E-state index in [2.05, 4.69) is 20.3 Å². The first kappa shape index (κ1) is 19.6. The smallest absolute Gasteiger partial charge is 0.251 e. The van der Waals surface area contributed by atoms with E-state index < -0.39 is 0 Å². The van der Waals surface area contributed by atoms with Gasteiger partial charge in [0.2, 0.25) is 5.69 Å². The van der Waals surface area contributed by atoms with Gasteiger partial charge in [-0.05, 0) is 43.4 Å². The van der Waals surface area contributed by atoms with Crippen LogP contribution in [0.2, 0.25) is 0 Å². The molecule has 1 aliphatic carbocycles. The van der Waals surface area contributed by atoms with E-state index in [-0.39, 0.29) is 29.6 Å². The Kier molecular flexibility index (Phi) is 5.99. The molecule has 8 heteroatoms. The second-order valence-electron chi connectivity index (χ2n) is 7.32. The average Bonchev–Trinajstić information content (AvgIpc) is 3.29. The van der Waals surface area contributed by atoms with Crippen LogP contribution in [0, 0.1) is 11.3 Å². The van der Waals surface area contributed by atoms with Gasteiger partial charge in [0.1, 0.15) is 12.2 Å². The molecule has 152 valence electrons. The van der Waals surface area contributed by atoms with Crippen LogP contribution in [-0.4, -0.2) is 37.6 Å². The Hall–Kier alpha value is -3.73. The highest BCUT2D eigenvalue weighted by atomic mass is 16.5. The van der Waals surface area contributed by atoms with Crippen molar-refractivity contribution in [3.8, 4) is 11.9 Å². The second kappa shape index (κ2) is 9.18. The zero-order chi connectivity index (χ0) is 20.8. The number of hydrogen-bond acceptors (Lipinski definition) is 6.